The summed E-state index contributed by atoms with van der Waals surface area (Å²) >= 11 is 0. The molecule has 7 nitrogen and oxygen atoms in total. The molecule has 0 bridgehead atoms. The molecule has 30 heavy (non-hydrogen) atoms. The highest BCUT2D eigenvalue weighted by atomic mass is 16.6. The summed E-state index contributed by atoms with van der Waals surface area (Å²) in [7, 11) is 3.12. The second-order valence-electron chi connectivity index (χ2n) is 6.65. The topological polar surface area (TPSA) is 74.3 Å². The van der Waals surface area contributed by atoms with E-state index in [-0.39, 0.29) is 11.5 Å². The standard InChI is InChI=1S/C23H25NO6/c1-6-24(7-2)23(26)30-18-11-10-17-21(25)20(29-22(17)14(18)3)12-15-8-9-16(27-4)13-19(15)28-5/h8-13H,6-7H2,1-5H3. The summed E-state index contributed by atoms with van der Waals surface area (Å²) in [6.45, 7) is 6.61. The Balaban J connectivity index is 1.91. The first-order valence-corrected chi connectivity index (χ1v) is 9.70. The van der Waals surface area contributed by atoms with E-state index in [4.69, 9.17) is 18.9 Å². The molecule has 0 spiro atoms. The van der Waals surface area contributed by atoms with Crippen molar-refractivity contribution in [2.45, 2.75) is 20.8 Å². The molecule has 0 atom stereocenters. The predicted molar refractivity (Wildman–Crippen MR) is 113 cm³/mol. The van der Waals surface area contributed by atoms with Gasteiger partial charge in [-0.3, -0.25) is 4.79 Å². The van der Waals surface area contributed by atoms with Crippen LogP contribution >= 0.6 is 0 Å². The highest BCUT2D eigenvalue weighted by Crippen LogP contribution is 2.40. The lowest BCUT2D eigenvalue weighted by Gasteiger charge is -2.19. The number of benzene rings is 2. The SMILES string of the molecule is CCN(CC)C(=O)Oc1ccc2c(c1C)OC(=Cc1ccc(OC)cc1OC)C2=O. The summed E-state index contributed by atoms with van der Waals surface area (Å²) in [4.78, 5) is 26.7. The number of Topliss-reactive ketones (excluding diaryl/α,β-unsaturated/α-hetero) is 1. The molecule has 0 radical (unpaired) electrons. The van der Waals surface area contributed by atoms with Gasteiger partial charge >= 0.3 is 6.09 Å². The van der Waals surface area contributed by atoms with E-state index in [2.05, 4.69) is 0 Å². The van der Waals surface area contributed by atoms with Crippen molar-refractivity contribution in [1.29, 1.82) is 0 Å². The predicted octanol–water partition coefficient (Wildman–Crippen LogP) is 4.47. The smallest absolute Gasteiger partial charge is 0.415 e. The second kappa shape index (κ2) is 8.90. The zero-order valence-electron chi connectivity index (χ0n) is 17.8. The Kier molecular flexibility index (Phi) is 6.30. The van der Waals surface area contributed by atoms with E-state index in [0.29, 0.717) is 52.8 Å². The normalized spacial score (nSPS) is 13.6. The molecular weight excluding hydrogens is 386 g/mol. The number of hydrogen-bond donors (Lipinski definition) is 0. The first-order valence-electron chi connectivity index (χ1n) is 9.70. The van der Waals surface area contributed by atoms with Crippen LogP contribution in [0.1, 0.15) is 35.3 Å². The van der Waals surface area contributed by atoms with Crippen LogP contribution < -0.4 is 18.9 Å². The van der Waals surface area contributed by atoms with Crippen LogP contribution in [-0.2, 0) is 0 Å². The van der Waals surface area contributed by atoms with Gasteiger partial charge in [-0.15, -0.1) is 0 Å². The first kappa shape index (κ1) is 21.2. The van der Waals surface area contributed by atoms with Gasteiger partial charge < -0.3 is 23.8 Å². The maximum Gasteiger partial charge on any atom is 0.415 e. The minimum Gasteiger partial charge on any atom is -0.497 e. The fourth-order valence-electron chi connectivity index (χ4n) is 3.20. The molecule has 158 valence electrons. The van der Waals surface area contributed by atoms with Gasteiger partial charge in [0.1, 0.15) is 23.0 Å². The number of methoxy groups -OCH3 is 2. The zero-order valence-corrected chi connectivity index (χ0v) is 17.8. The second-order valence-corrected chi connectivity index (χ2v) is 6.65. The molecule has 0 saturated carbocycles. The van der Waals surface area contributed by atoms with Gasteiger partial charge in [-0.05, 0) is 51.1 Å². The van der Waals surface area contributed by atoms with Crippen molar-refractivity contribution < 1.29 is 28.5 Å². The Morgan fingerprint density at radius 3 is 2.43 bits per heavy atom. The summed E-state index contributed by atoms with van der Waals surface area (Å²) < 4.78 is 22.0. The van der Waals surface area contributed by atoms with Gasteiger partial charge in [-0.1, -0.05) is 0 Å². The van der Waals surface area contributed by atoms with E-state index in [0.717, 1.165) is 0 Å². The van der Waals surface area contributed by atoms with Gasteiger partial charge in [0, 0.05) is 30.3 Å². The molecule has 2 aromatic carbocycles. The molecule has 3 rings (SSSR count). The molecule has 0 saturated heterocycles. The number of rotatable bonds is 6. The minimum absolute atomic E-state index is 0.170. The van der Waals surface area contributed by atoms with E-state index < -0.39 is 6.09 Å². The fraction of sp³-hybridized carbons (Fsp3) is 0.304. The highest BCUT2D eigenvalue weighted by molar-refractivity contribution is 6.15. The Bertz CT molecular complexity index is 1010. The molecule has 2 aromatic rings. The molecule has 0 N–H and O–H groups in total. The van der Waals surface area contributed by atoms with Crippen LogP contribution in [0.3, 0.4) is 0 Å². The van der Waals surface area contributed by atoms with Crippen LogP contribution in [0, 0.1) is 6.92 Å². The molecule has 1 heterocycles. The van der Waals surface area contributed by atoms with Crippen molar-refractivity contribution in [3.05, 3.63) is 52.8 Å². The lowest BCUT2D eigenvalue weighted by Crippen LogP contribution is -2.33. The average Bonchev–Trinajstić information content (AvgIpc) is 3.07. The highest BCUT2D eigenvalue weighted by Gasteiger charge is 2.31. The van der Waals surface area contributed by atoms with Crippen LogP contribution in [0.15, 0.2) is 36.1 Å². The van der Waals surface area contributed by atoms with Crippen LogP contribution in [0.25, 0.3) is 6.08 Å². The Labute approximate surface area is 175 Å². The number of allylic oxidation sites excluding steroid dienone is 1. The van der Waals surface area contributed by atoms with Crippen molar-refractivity contribution in [3.63, 3.8) is 0 Å². The third kappa shape index (κ3) is 3.96. The molecular formula is C23H25NO6. The summed E-state index contributed by atoms with van der Waals surface area (Å²) in [5.41, 5.74) is 1.70. The van der Waals surface area contributed by atoms with Gasteiger partial charge in [-0.25, -0.2) is 4.79 Å². The van der Waals surface area contributed by atoms with E-state index in [1.54, 1.807) is 62.5 Å². The van der Waals surface area contributed by atoms with Crippen molar-refractivity contribution in [3.8, 4) is 23.0 Å². The number of ether oxygens (including phenoxy) is 4. The monoisotopic (exact) mass is 411 g/mol. The maximum absolute atomic E-state index is 12.8. The molecule has 0 aliphatic carbocycles. The number of nitrogens with zero attached hydrogens (tertiary/aromatic N) is 1. The Morgan fingerprint density at radius 1 is 1.07 bits per heavy atom. The number of carbonyl (C=O) groups is 2. The van der Waals surface area contributed by atoms with Crippen molar-refractivity contribution >= 4 is 18.0 Å². The van der Waals surface area contributed by atoms with Crippen LogP contribution in [0.2, 0.25) is 0 Å². The largest absolute Gasteiger partial charge is 0.497 e. The molecule has 0 unspecified atom stereocenters. The maximum atomic E-state index is 12.8. The molecule has 0 aromatic heterocycles. The average molecular weight is 411 g/mol. The molecule has 1 aliphatic rings. The molecule has 1 amide bonds. The summed E-state index contributed by atoms with van der Waals surface area (Å²) in [5, 5.41) is 0. The lowest BCUT2D eigenvalue weighted by atomic mass is 10.1. The number of fused-ring (bicyclic) bond motifs is 1. The summed E-state index contributed by atoms with van der Waals surface area (Å²) in [5.74, 6) is 1.88. The number of hydrogen-bond acceptors (Lipinski definition) is 6. The van der Waals surface area contributed by atoms with Crippen molar-refractivity contribution in [2.75, 3.05) is 27.3 Å². The van der Waals surface area contributed by atoms with Crippen molar-refractivity contribution in [1.82, 2.24) is 4.90 Å². The van der Waals surface area contributed by atoms with Gasteiger partial charge in [0.2, 0.25) is 5.78 Å². The lowest BCUT2D eigenvalue weighted by molar-refractivity contribution is 0.101. The fourth-order valence-corrected chi connectivity index (χ4v) is 3.20. The van der Waals surface area contributed by atoms with E-state index in [9.17, 15) is 9.59 Å². The van der Waals surface area contributed by atoms with E-state index in [1.165, 1.54) is 0 Å². The zero-order chi connectivity index (χ0) is 21.8. The molecule has 1 aliphatic heterocycles. The first-order chi connectivity index (χ1) is 14.4. The number of carbonyl (C=O) groups excluding carboxylic acids is 2. The Morgan fingerprint density at radius 2 is 1.80 bits per heavy atom. The van der Waals surface area contributed by atoms with E-state index >= 15 is 0 Å². The van der Waals surface area contributed by atoms with Gasteiger partial charge in [0.15, 0.2) is 5.76 Å². The van der Waals surface area contributed by atoms with E-state index in [1.807, 2.05) is 13.8 Å². The molecule has 0 fully saturated rings. The van der Waals surface area contributed by atoms with Crippen LogP contribution in [-0.4, -0.2) is 44.1 Å². The Hall–Kier alpha value is -3.48. The third-order valence-electron chi connectivity index (χ3n) is 4.98. The molecule has 7 heteroatoms. The van der Waals surface area contributed by atoms with Crippen LogP contribution in [0.5, 0.6) is 23.0 Å². The minimum atomic E-state index is -0.439. The summed E-state index contributed by atoms with van der Waals surface area (Å²) in [6, 6.07) is 8.52. The quantitative estimate of drug-likeness (QED) is 0.653. The third-order valence-corrected chi connectivity index (χ3v) is 4.98. The van der Waals surface area contributed by atoms with Gasteiger partial charge in [-0.2, -0.15) is 0 Å². The summed E-state index contributed by atoms with van der Waals surface area (Å²) in [6.07, 6.45) is 1.19. The van der Waals surface area contributed by atoms with Crippen LogP contribution in [0.4, 0.5) is 4.79 Å². The van der Waals surface area contributed by atoms with Crippen molar-refractivity contribution in [2.24, 2.45) is 0 Å². The number of amides is 1. The van der Waals surface area contributed by atoms with Gasteiger partial charge in [0.05, 0.1) is 19.8 Å². The van der Waals surface area contributed by atoms with Gasteiger partial charge in [0.25, 0.3) is 0 Å². The number of ketones is 1.